The molecular weight excluding hydrogens is 346 g/mol. The van der Waals surface area contributed by atoms with E-state index in [2.05, 4.69) is 20.8 Å². The summed E-state index contributed by atoms with van der Waals surface area (Å²) in [5, 5.41) is 19.3. The Hall–Kier alpha value is -2.85. The van der Waals surface area contributed by atoms with Gasteiger partial charge in [0.1, 0.15) is 30.1 Å². The Labute approximate surface area is 158 Å². The topological polar surface area (TPSA) is 97.2 Å². The monoisotopic (exact) mass is 371 g/mol. The maximum Gasteiger partial charge on any atom is 0.331 e. The summed E-state index contributed by atoms with van der Waals surface area (Å²) in [5.41, 5.74) is -0.210. The van der Waals surface area contributed by atoms with E-state index in [1.807, 2.05) is 24.3 Å². The van der Waals surface area contributed by atoms with Gasteiger partial charge < -0.3 is 9.84 Å². The van der Waals surface area contributed by atoms with Crippen LogP contribution >= 0.6 is 0 Å². The molecule has 27 heavy (non-hydrogen) atoms. The Balaban J connectivity index is 2.11. The fraction of sp³-hybridized carbons (Fsp3) is 0.450. The van der Waals surface area contributed by atoms with Crippen LogP contribution in [0.3, 0.4) is 0 Å². The zero-order chi connectivity index (χ0) is 20.2. The van der Waals surface area contributed by atoms with E-state index in [0.29, 0.717) is 12.3 Å². The van der Waals surface area contributed by atoms with Gasteiger partial charge in [0.15, 0.2) is 0 Å². The van der Waals surface area contributed by atoms with Crippen LogP contribution in [0.15, 0.2) is 40.1 Å². The van der Waals surface area contributed by atoms with Gasteiger partial charge >= 0.3 is 5.69 Å². The number of rotatable bonds is 6. The van der Waals surface area contributed by atoms with E-state index in [1.165, 1.54) is 10.8 Å². The second-order valence-corrected chi connectivity index (χ2v) is 7.38. The summed E-state index contributed by atoms with van der Waals surface area (Å²) in [7, 11) is 0. The van der Waals surface area contributed by atoms with Crippen LogP contribution < -0.4 is 16.0 Å². The van der Waals surface area contributed by atoms with Gasteiger partial charge in [0.25, 0.3) is 5.56 Å². The summed E-state index contributed by atoms with van der Waals surface area (Å²) >= 11 is 0. The minimum absolute atomic E-state index is 0.0319. The molecule has 0 radical (unpaired) electrons. The predicted octanol–water partition coefficient (Wildman–Crippen LogP) is 1.64. The first-order valence-corrected chi connectivity index (χ1v) is 8.83. The third kappa shape index (κ3) is 4.86. The Morgan fingerprint density at radius 2 is 1.85 bits per heavy atom. The molecule has 1 N–H and O–H groups in total. The normalized spacial score (nSPS) is 12.4. The highest BCUT2D eigenvalue weighted by Gasteiger charge is 2.16. The SMILES string of the molecule is CCn1cc(C#N)c(=O)n(C[C@H](O)COc2ccc(C(C)(C)C)cc2)c1=O. The van der Waals surface area contributed by atoms with E-state index in [4.69, 9.17) is 10.00 Å². The number of aliphatic hydroxyl groups excluding tert-OH is 1. The van der Waals surface area contributed by atoms with Crippen molar-refractivity contribution in [2.45, 2.75) is 52.3 Å². The van der Waals surface area contributed by atoms with E-state index in [0.717, 1.165) is 10.1 Å². The lowest BCUT2D eigenvalue weighted by atomic mass is 9.87. The van der Waals surface area contributed by atoms with Crippen LogP contribution in [-0.4, -0.2) is 27.0 Å². The summed E-state index contributed by atoms with van der Waals surface area (Å²) < 4.78 is 7.70. The second kappa shape index (κ2) is 8.23. The van der Waals surface area contributed by atoms with Crippen LogP contribution in [0.1, 0.15) is 38.8 Å². The maximum absolute atomic E-state index is 12.3. The van der Waals surface area contributed by atoms with Crippen LogP contribution in [0.2, 0.25) is 0 Å². The van der Waals surface area contributed by atoms with Gasteiger partial charge in [-0.15, -0.1) is 0 Å². The number of nitrogens with zero attached hydrogens (tertiary/aromatic N) is 3. The summed E-state index contributed by atoms with van der Waals surface area (Å²) in [6.07, 6.45) is 0.165. The van der Waals surface area contributed by atoms with Gasteiger partial charge in [-0.25, -0.2) is 4.79 Å². The molecule has 0 spiro atoms. The molecule has 144 valence electrons. The number of hydrogen-bond donors (Lipinski definition) is 1. The van der Waals surface area contributed by atoms with Crippen molar-refractivity contribution < 1.29 is 9.84 Å². The summed E-state index contributed by atoms with van der Waals surface area (Å²) in [5.74, 6) is 0.589. The van der Waals surface area contributed by atoms with Crippen molar-refractivity contribution in [2.24, 2.45) is 0 Å². The molecule has 0 saturated carbocycles. The maximum atomic E-state index is 12.3. The van der Waals surface area contributed by atoms with Gasteiger partial charge in [0.2, 0.25) is 0 Å². The fourth-order valence-corrected chi connectivity index (χ4v) is 2.62. The molecule has 0 saturated heterocycles. The van der Waals surface area contributed by atoms with Crippen LogP contribution in [0.25, 0.3) is 0 Å². The quantitative estimate of drug-likeness (QED) is 0.832. The standard InChI is InChI=1S/C20H25N3O4/c1-5-22-11-14(10-21)18(25)23(19(22)26)12-16(24)13-27-17-8-6-15(7-9-17)20(2,3)4/h6-9,11,16,24H,5,12-13H2,1-4H3/t16-/m0/s1. The predicted molar refractivity (Wildman–Crippen MR) is 102 cm³/mol. The molecule has 2 rings (SSSR count). The average molecular weight is 371 g/mol. The van der Waals surface area contributed by atoms with E-state index in [-0.39, 0.29) is 24.1 Å². The van der Waals surface area contributed by atoms with E-state index < -0.39 is 17.4 Å². The van der Waals surface area contributed by atoms with Crippen molar-refractivity contribution in [3.05, 3.63) is 62.4 Å². The molecule has 0 aliphatic carbocycles. The number of ether oxygens (including phenoxy) is 1. The zero-order valence-corrected chi connectivity index (χ0v) is 16.1. The molecule has 0 aliphatic heterocycles. The Morgan fingerprint density at radius 1 is 1.22 bits per heavy atom. The molecule has 0 bridgehead atoms. The van der Waals surface area contributed by atoms with Gasteiger partial charge in [-0.1, -0.05) is 32.9 Å². The molecule has 7 nitrogen and oxygen atoms in total. The van der Waals surface area contributed by atoms with Crippen molar-refractivity contribution in [1.29, 1.82) is 5.26 Å². The first-order valence-electron chi connectivity index (χ1n) is 8.83. The lowest BCUT2D eigenvalue weighted by Crippen LogP contribution is -2.44. The average Bonchev–Trinajstić information content (AvgIpc) is 2.63. The highest BCUT2D eigenvalue weighted by Crippen LogP contribution is 2.24. The Kier molecular flexibility index (Phi) is 6.24. The van der Waals surface area contributed by atoms with Gasteiger partial charge in [-0.3, -0.25) is 13.9 Å². The Bertz CT molecular complexity index is 944. The molecule has 0 amide bonds. The van der Waals surface area contributed by atoms with E-state index >= 15 is 0 Å². The third-order valence-electron chi connectivity index (χ3n) is 4.25. The first-order chi connectivity index (χ1) is 12.7. The van der Waals surface area contributed by atoms with Gasteiger partial charge in [-0.05, 0) is 30.0 Å². The van der Waals surface area contributed by atoms with Gasteiger partial charge in [0.05, 0.1) is 6.54 Å². The molecule has 2 aromatic rings. The Morgan fingerprint density at radius 3 is 2.37 bits per heavy atom. The summed E-state index contributed by atoms with van der Waals surface area (Å²) in [4.78, 5) is 24.5. The number of aryl methyl sites for hydroxylation is 1. The smallest absolute Gasteiger partial charge is 0.331 e. The fourth-order valence-electron chi connectivity index (χ4n) is 2.62. The third-order valence-corrected chi connectivity index (χ3v) is 4.25. The number of hydrogen-bond acceptors (Lipinski definition) is 5. The molecule has 1 aromatic heterocycles. The van der Waals surface area contributed by atoms with Crippen LogP contribution in [0.5, 0.6) is 5.75 Å². The van der Waals surface area contributed by atoms with E-state index in [9.17, 15) is 14.7 Å². The molecule has 1 atom stereocenters. The number of aliphatic hydroxyl groups is 1. The van der Waals surface area contributed by atoms with Crippen molar-refractivity contribution in [3.8, 4) is 11.8 Å². The first kappa shape index (κ1) is 20.5. The molecular formula is C20H25N3O4. The minimum Gasteiger partial charge on any atom is -0.491 e. The number of nitriles is 1. The van der Waals surface area contributed by atoms with Gasteiger partial charge in [0, 0.05) is 12.7 Å². The molecule has 0 aliphatic rings. The highest BCUT2D eigenvalue weighted by atomic mass is 16.5. The summed E-state index contributed by atoms with van der Waals surface area (Å²) in [6.45, 7) is 8.07. The lowest BCUT2D eigenvalue weighted by Gasteiger charge is -2.19. The molecule has 7 heteroatoms. The highest BCUT2D eigenvalue weighted by molar-refractivity contribution is 5.31. The van der Waals surface area contributed by atoms with Crippen molar-refractivity contribution in [3.63, 3.8) is 0 Å². The zero-order valence-electron chi connectivity index (χ0n) is 16.1. The van der Waals surface area contributed by atoms with Crippen molar-refractivity contribution in [2.75, 3.05) is 6.61 Å². The van der Waals surface area contributed by atoms with Crippen LogP contribution in [0, 0.1) is 11.3 Å². The van der Waals surface area contributed by atoms with Crippen molar-refractivity contribution >= 4 is 0 Å². The minimum atomic E-state index is -1.07. The van der Waals surface area contributed by atoms with E-state index in [1.54, 1.807) is 13.0 Å². The van der Waals surface area contributed by atoms with Gasteiger partial charge in [-0.2, -0.15) is 5.26 Å². The summed E-state index contributed by atoms with van der Waals surface area (Å²) in [6, 6.07) is 9.34. The molecule has 1 heterocycles. The number of benzene rings is 1. The molecule has 0 fully saturated rings. The second-order valence-electron chi connectivity index (χ2n) is 7.38. The van der Waals surface area contributed by atoms with Crippen LogP contribution in [-0.2, 0) is 18.5 Å². The van der Waals surface area contributed by atoms with Crippen molar-refractivity contribution in [1.82, 2.24) is 9.13 Å². The molecule has 1 aromatic carbocycles. The van der Waals surface area contributed by atoms with Crippen LogP contribution in [0.4, 0.5) is 0 Å². The lowest BCUT2D eigenvalue weighted by molar-refractivity contribution is 0.0899. The molecule has 0 unspecified atom stereocenters. The largest absolute Gasteiger partial charge is 0.491 e. The number of aromatic nitrogens is 2.